The minimum absolute atomic E-state index is 0.182. The molecule has 0 saturated heterocycles. The van der Waals surface area contributed by atoms with Gasteiger partial charge in [-0.05, 0) is 19.3 Å². The van der Waals surface area contributed by atoms with Crippen molar-refractivity contribution in [1.82, 2.24) is 10.3 Å². The summed E-state index contributed by atoms with van der Waals surface area (Å²) >= 11 is 1.19. The Bertz CT molecular complexity index is 383. The van der Waals surface area contributed by atoms with Crippen LogP contribution in [0.5, 0.6) is 0 Å². The standard InChI is InChI=1S/C11H15F3N2S/c1-2-8-9(6-15-7-3-4-7)17-10(16-8)5-11(12,13)14/h7,15H,2-6H2,1H3. The largest absolute Gasteiger partial charge is 0.395 e. The summed E-state index contributed by atoms with van der Waals surface area (Å²) in [5.74, 6) is 0. The fourth-order valence-corrected chi connectivity index (χ4v) is 2.76. The lowest BCUT2D eigenvalue weighted by Crippen LogP contribution is -2.15. The molecular formula is C11H15F3N2S. The van der Waals surface area contributed by atoms with Crippen LogP contribution in [0.2, 0.25) is 0 Å². The van der Waals surface area contributed by atoms with Crippen LogP contribution in [0.15, 0.2) is 0 Å². The molecule has 1 saturated carbocycles. The van der Waals surface area contributed by atoms with E-state index in [1.807, 2.05) is 6.92 Å². The molecule has 1 aliphatic carbocycles. The minimum Gasteiger partial charge on any atom is -0.309 e. The average Bonchev–Trinajstić information content (AvgIpc) is 2.96. The van der Waals surface area contributed by atoms with Gasteiger partial charge in [-0.2, -0.15) is 13.2 Å². The molecule has 0 aromatic carbocycles. The highest BCUT2D eigenvalue weighted by Crippen LogP contribution is 2.27. The van der Waals surface area contributed by atoms with Gasteiger partial charge in [0.05, 0.1) is 12.1 Å². The quantitative estimate of drug-likeness (QED) is 0.884. The van der Waals surface area contributed by atoms with Gasteiger partial charge in [0.15, 0.2) is 0 Å². The van der Waals surface area contributed by atoms with Crippen LogP contribution >= 0.6 is 11.3 Å². The number of rotatable bonds is 5. The van der Waals surface area contributed by atoms with E-state index >= 15 is 0 Å². The molecule has 0 bridgehead atoms. The summed E-state index contributed by atoms with van der Waals surface area (Å²) in [5, 5.41) is 3.50. The van der Waals surface area contributed by atoms with Gasteiger partial charge in [0.25, 0.3) is 0 Å². The van der Waals surface area contributed by atoms with E-state index in [-0.39, 0.29) is 5.01 Å². The van der Waals surface area contributed by atoms with Gasteiger partial charge in [-0.3, -0.25) is 0 Å². The van der Waals surface area contributed by atoms with E-state index in [0.29, 0.717) is 19.0 Å². The second kappa shape index (κ2) is 4.94. The van der Waals surface area contributed by atoms with Crippen LogP contribution in [0, 0.1) is 0 Å². The Morgan fingerprint density at radius 2 is 2.12 bits per heavy atom. The van der Waals surface area contributed by atoms with Crippen LogP contribution in [-0.2, 0) is 19.4 Å². The minimum atomic E-state index is -4.16. The third-order valence-electron chi connectivity index (χ3n) is 2.64. The summed E-state index contributed by atoms with van der Waals surface area (Å²) in [6.07, 6.45) is -2.03. The summed E-state index contributed by atoms with van der Waals surface area (Å²) in [6, 6.07) is 0.563. The van der Waals surface area contributed by atoms with E-state index in [2.05, 4.69) is 10.3 Å². The number of thiazole rings is 1. The lowest BCUT2D eigenvalue weighted by Gasteiger charge is -2.01. The first kappa shape index (κ1) is 12.8. The van der Waals surface area contributed by atoms with Crippen molar-refractivity contribution >= 4 is 11.3 Å². The van der Waals surface area contributed by atoms with E-state index in [9.17, 15) is 13.2 Å². The van der Waals surface area contributed by atoms with Gasteiger partial charge in [-0.25, -0.2) is 4.98 Å². The van der Waals surface area contributed by atoms with Gasteiger partial charge in [0, 0.05) is 17.5 Å². The van der Waals surface area contributed by atoms with E-state index in [1.54, 1.807) is 0 Å². The second-order valence-electron chi connectivity index (χ2n) is 4.28. The third-order valence-corrected chi connectivity index (χ3v) is 3.74. The Kier molecular flexibility index (Phi) is 3.73. The lowest BCUT2D eigenvalue weighted by molar-refractivity contribution is -0.127. The van der Waals surface area contributed by atoms with E-state index in [4.69, 9.17) is 0 Å². The molecule has 1 aromatic rings. The zero-order valence-electron chi connectivity index (χ0n) is 9.60. The van der Waals surface area contributed by atoms with Gasteiger partial charge in [0.1, 0.15) is 5.01 Å². The molecular weight excluding hydrogens is 249 g/mol. The molecule has 1 aliphatic rings. The Hall–Kier alpha value is -0.620. The normalized spacial score (nSPS) is 16.5. The van der Waals surface area contributed by atoms with Gasteiger partial charge < -0.3 is 5.32 Å². The SMILES string of the molecule is CCc1nc(CC(F)(F)F)sc1CNC1CC1. The number of nitrogens with zero attached hydrogens (tertiary/aromatic N) is 1. The van der Waals surface area contributed by atoms with E-state index in [1.165, 1.54) is 24.2 Å². The van der Waals surface area contributed by atoms with Crippen molar-refractivity contribution in [2.45, 2.75) is 51.4 Å². The number of aromatic nitrogens is 1. The van der Waals surface area contributed by atoms with Crippen LogP contribution in [0.4, 0.5) is 13.2 Å². The Labute approximate surface area is 102 Å². The van der Waals surface area contributed by atoms with E-state index in [0.717, 1.165) is 10.6 Å². The van der Waals surface area contributed by atoms with Gasteiger partial charge in [-0.15, -0.1) is 11.3 Å². The zero-order chi connectivity index (χ0) is 12.5. The van der Waals surface area contributed by atoms with Crippen molar-refractivity contribution in [2.75, 3.05) is 0 Å². The maximum absolute atomic E-state index is 12.3. The number of alkyl halides is 3. The first-order chi connectivity index (χ1) is 7.98. The number of hydrogen-bond donors (Lipinski definition) is 1. The maximum atomic E-state index is 12.3. The molecule has 0 unspecified atom stereocenters. The summed E-state index contributed by atoms with van der Waals surface area (Å²) in [4.78, 5) is 5.03. The van der Waals surface area contributed by atoms with Crippen molar-refractivity contribution in [3.05, 3.63) is 15.6 Å². The Balaban J connectivity index is 2.02. The van der Waals surface area contributed by atoms with Crippen LogP contribution in [0.1, 0.15) is 35.3 Å². The van der Waals surface area contributed by atoms with Crippen LogP contribution in [-0.4, -0.2) is 17.2 Å². The molecule has 0 atom stereocenters. The number of aryl methyl sites for hydroxylation is 1. The molecule has 0 spiro atoms. The summed E-state index contributed by atoms with van der Waals surface area (Å²) in [5.41, 5.74) is 0.808. The van der Waals surface area contributed by atoms with Crippen LogP contribution in [0.25, 0.3) is 0 Å². The van der Waals surface area contributed by atoms with Crippen LogP contribution in [0.3, 0.4) is 0 Å². The Morgan fingerprint density at radius 1 is 1.41 bits per heavy atom. The third kappa shape index (κ3) is 3.96. The molecule has 2 nitrogen and oxygen atoms in total. The molecule has 1 aromatic heterocycles. The summed E-state index contributed by atoms with van der Waals surface area (Å²) < 4.78 is 36.8. The number of halogens is 3. The monoisotopic (exact) mass is 264 g/mol. The van der Waals surface area contributed by atoms with Gasteiger partial charge >= 0.3 is 6.18 Å². The van der Waals surface area contributed by atoms with Crippen molar-refractivity contribution in [2.24, 2.45) is 0 Å². The van der Waals surface area contributed by atoms with Crippen molar-refractivity contribution < 1.29 is 13.2 Å². The predicted octanol–water partition coefficient (Wildman–Crippen LogP) is 3.06. The molecule has 17 heavy (non-hydrogen) atoms. The zero-order valence-corrected chi connectivity index (χ0v) is 10.4. The van der Waals surface area contributed by atoms with Crippen molar-refractivity contribution in [3.8, 4) is 0 Å². The molecule has 0 amide bonds. The second-order valence-corrected chi connectivity index (χ2v) is 5.45. The first-order valence-corrected chi connectivity index (χ1v) is 6.57. The van der Waals surface area contributed by atoms with Gasteiger partial charge in [-0.1, -0.05) is 6.92 Å². The fourth-order valence-electron chi connectivity index (χ4n) is 1.62. The van der Waals surface area contributed by atoms with Crippen LogP contribution < -0.4 is 5.32 Å². The highest BCUT2D eigenvalue weighted by atomic mass is 32.1. The number of nitrogens with one attached hydrogen (secondary N) is 1. The van der Waals surface area contributed by atoms with E-state index < -0.39 is 12.6 Å². The molecule has 96 valence electrons. The molecule has 2 rings (SSSR count). The van der Waals surface area contributed by atoms with Crippen molar-refractivity contribution in [3.63, 3.8) is 0 Å². The Morgan fingerprint density at radius 3 is 2.65 bits per heavy atom. The summed E-state index contributed by atoms with van der Waals surface area (Å²) in [6.45, 7) is 2.58. The molecule has 6 heteroatoms. The maximum Gasteiger partial charge on any atom is 0.395 e. The molecule has 1 N–H and O–H groups in total. The first-order valence-electron chi connectivity index (χ1n) is 5.75. The topological polar surface area (TPSA) is 24.9 Å². The fraction of sp³-hybridized carbons (Fsp3) is 0.727. The van der Waals surface area contributed by atoms with Gasteiger partial charge in [0.2, 0.25) is 0 Å². The lowest BCUT2D eigenvalue weighted by atomic mass is 10.3. The smallest absolute Gasteiger partial charge is 0.309 e. The highest BCUT2D eigenvalue weighted by Gasteiger charge is 2.30. The molecule has 0 radical (unpaired) electrons. The predicted molar refractivity (Wildman–Crippen MR) is 61.1 cm³/mol. The summed E-state index contributed by atoms with van der Waals surface area (Å²) in [7, 11) is 0. The molecule has 0 aliphatic heterocycles. The number of hydrogen-bond acceptors (Lipinski definition) is 3. The average molecular weight is 264 g/mol. The molecule has 1 heterocycles. The van der Waals surface area contributed by atoms with Crippen molar-refractivity contribution in [1.29, 1.82) is 0 Å². The highest BCUT2D eigenvalue weighted by molar-refractivity contribution is 7.11. The molecule has 1 fully saturated rings.